The Bertz CT molecular complexity index is 420. The van der Waals surface area contributed by atoms with Crippen LogP contribution in [0.3, 0.4) is 0 Å². The number of aromatic nitrogens is 2. The van der Waals surface area contributed by atoms with Gasteiger partial charge in [0, 0.05) is 19.2 Å². The lowest BCUT2D eigenvalue weighted by Crippen LogP contribution is -2.24. The van der Waals surface area contributed by atoms with Gasteiger partial charge in [0.05, 0.1) is 0 Å². The number of halogens is 1. The van der Waals surface area contributed by atoms with Crippen molar-refractivity contribution in [1.29, 1.82) is 0 Å². The first-order valence-corrected chi connectivity index (χ1v) is 5.78. The molecule has 0 radical (unpaired) electrons. The van der Waals surface area contributed by atoms with E-state index in [1.54, 1.807) is 6.07 Å². The predicted molar refractivity (Wildman–Crippen MR) is 63.9 cm³/mol. The minimum atomic E-state index is -0.398. The topological polar surface area (TPSA) is 75.0 Å². The van der Waals surface area contributed by atoms with Crippen LogP contribution < -0.4 is 16.3 Å². The van der Waals surface area contributed by atoms with Crippen LogP contribution in [-0.2, 0) is 0 Å². The molecule has 0 bridgehead atoms. The standard InChI is InChI=1S/C10H15ClN4O/c11-8-5-9(14-10(16)13-8)15-4-2-7(6-15)1-3-12/h5,7H,1-4,6,12H2,(H,13,14,16). The highest BCUT2D eigenvalue weighted by atomic mass is 35.5. The van der Waals surface area contributed by atoms with Crippen molar-refractivity contribution < 1.29 is 0 Å². The van der Waals surface area contributed by atoms with E-state index in [-0.39, 0.29) is 0 Å². The van der Waals surface area contributed by atoms with Gasteiger partial charge in [-0.2, -0.15) is 4.98 Å². The zero-order chi connectivity index (χ0) is 11.5. The fourth-order valence-corrected chi connectivity index (χ4v) is 2.27. The van der Waals surface area contributed by atoms with Crippen molar-refractivity contribution in [3.63, 3.8) is 0 Å². The van der Waals surface area contributed by atoms with Crippen molar-refractivity contribution in [2.75, 3.05) is 24.5 Å². The Balaban J connectivity index is 2.11. The highest BCUT2D eigenvalue weighted by molar-refractivity contribution is 6.29. The van der Waals surface area contributed by atoms with E-state index in [9.17, 15) is 4.79 Å². The molecule has 1 aromatic rings. The van der Waals surface area contributed by atoms with E-state index in [1.807, 2.05) is 0 Å². The van der Waals surface area contributed by atoms with Crippen LogP contribution in [-0.4, -0.2) is 29.6 Å². The van der Waals surface area contributed by atoms with Gasteiger partial charge in [0.25, 0.3) is 0 Å². The molecule has 0 amide bonds. The summed E-state index contributed by atoms with van der Waals surface area (Å²) in [6.07, 6.45) is 2.12. The number of hydrogen-bond acceptors (Lipinski definition) is 4. The van der Waals surface area contributed by atoms with E-state index in [4.69, 9.17) is 17.3 Å². The maximum absolute atomic E-state index is 11.2. The first-order chi connectivity index (χ1) is 7.69. The molecule has 1 aromatic heterocycles. The van der Waals surface area contributed by atoms with Crippen LogP contribution in [0.2, 0.25) is 5.15 Å². The molecule has 5 nitrogen and oxygen atoms in total. The summed E-state index contributed by atoms with van der Waals surface area (Å²) in [7, 11) is 0. The highest BCUT2D eigenvalue weighted by Crippen LogP contribution is 2.24. The fraction of sp³-hybridized carbons (Fsp3) is 0.600. The van der Waals surface area contributed by atoms with Crippen molar-refractivity contribution >= 4 is 17.4 Å². The summed E-state index contributed by atoms with van der Waals surface area (Å²) in [5.41, 5.74) is 5.13. The average molecular weight is 243 g/mol. The molecule has 1 atom stereocenters. The first kappa shape index (κ1) is 11.4. The van der Waals surface area contributed by atoms with Crippen LogP contribution in [0.1, 0.15) is 12.8 Å². The van der Waals surface area contributed by atoms with Crippen LogP contribution in [0, 0.1) is 5.92 Å². The van der Waals surface area contributed by atoms with E-state index in [0.717, 1.165) is 25.9 Å². The predicted octanol–water partition coefficient (Wildman–Crippen LogP) is 0.598. The van der Waals surface area contributed by atoms with E-state index >= 15 is 0 Å². The molecule has 1 saturated heterocycles. The van der Waals surface area contributed by atoms with Crippen molar-refractivity contribution in [2.45, 2.75) is 12.8 Å². The second-order valence-electron chi connectivity index (χ2n) is 4.07. The molecule has 2 heterocycles. The summed E-state index contributed by atoms with van der Waals surface area (Å²) < 4.78 is 0. The monoisotopic (exact) mass is 242 g/mol. The molecule has 1 fully saturated rings. The molecule has 0 saturated carbocycles. The highest BCUT2D eigenvalue weighted by Gasteiger charge is 2.23. The van der Waals surface area contributed by atoms with Crippen molar-refractivity contribution in [2.24, 2.45) is 11.7 Å². The summed E-state index contributed by atoms with van der Waals surface area (Å²) in [4.78, 5) is 19.6. The molecule has 1 aliphatic heterocycles. The number of anilines is 1. The van der Waals surface area contributed by atoms with Gasteiger partial charge in [-0.25, -0.2) is 4.79 Å². The van der Waals surface area contributed by atoms with Gasteiger partial charge in [-0.15, -0.1) is 0 Å². The van der Waals surface area contributed by atoms with E-state index < -0.39 is 5.69 Å². The molecule has 0 spiro atoms. The lowest BCUT2D eigenvalue weighted by atomic mass is 10.1. The van der Waals surface area contributed by atoms with Crippen LogP contribution in [0.4, 0.5) is 5.82 Å². The van der Waals surface area contributed by atoms with Gasteiger partial charge in [-0.1, -0.05) is 11.6 Å². The van der Waals surface area contributed by atoms with Crippen LogP contribution in [0.15, 0.2) is 10.9 Å². The lowest BCUT2D eigenvalue weighted by molar-refractivity contribution is 0.546. The molecule has 6 heteroatoms. The Labute approximate surface area is 98.6 Å². The number of rotatable bonds is 3. The SMILES string of the molecule is NCCC1CCN(c2cc(Cl)[nH]c(=O)n2)C1. The molecule has 0 aliphatic carbocycles. The molecular weight excluding hydrogens is 228 g/mol. The van der Waals surface area contributed by atoms with Crippen molar-refractivity contribution in [1.82, 2.24) is 9.97 Å². The van der Waals surface area contributed by atoms with Crippen LogP contribution in [0.25, 0.3) is 0 Å². The van der Waals surface area contributed by atoms with E-state index in [1.165, 1.54) is 0 Å². The number of aromatic amines is 1. The minimum Gasteiger partial charge on any atom is -0.356 e. The second-order valence-corrected chi connectivity index (χ2v) is 4.48. The Hall–Kier alpha value is -1.07. The minimum absolute atomic E-state index is 0.331. The molecule has 3 N–H and O–H groups in total. The van der Waals surface area contributed by atoms with Gasteiger partial charge < -0.3 is 10.6 Å². The zero-order valence-electron chi connectivity index (χ0n) is 8.95. The van der Waals surface area contributed by atoms with Crippen molar-refractivity contribution in [3.05, 3.63) is 21.7 Å². The second kappa shape index (κ2) is 4.84. The van der Waals surface area contributed by atoms with Gasteiger partial charge in [0.1, 0.15) is 11.0 Å². The summed E-state index contributed by atoms with van der Waals surface area (Å²) in [5, 5.41) is 0.331. The third-order valence-corrected chi connectivity index (χ3v) is 3.09. The summed E-state index contributed by atoms with van der Waals surface area (Å²) >= 11 is 5.78. The van der Waals surface area contributed by atoms with Gasteiger partial charge in [0.15, 0.2) is 0 Å². The zero-order valence-corrected chi connectivity index (χ0v) is 9.70. The number of nitrogens with one attached hydrogen (secondary N) is 1. The van der Waals surface area contributed by atoms with Gasteiger partial charge in [-0.05, 0) is 25.3 Å². The molecule has 1 aliphatic rings. The molecule has 1 unspecified atom stereocenters. The Morgan fingerprint density at radius 3 is 3.19 bits per heavy atom. The largest absolute Gasteiger partial charge is 0.356 e. The molecule has 16 heavy (non-hydrogen) atoms. The normalized spacial score (nSPS) is 20.4. The molecule has 88 valence electrons. The Kier molecular flexibility index (Phi) is 3.46. The van der Waals surface area contributed by atoms with Gasteiger partial charge >= 0.3 is 5.69 Å². The summed E-state index contributed by atoms with van der Waals surface area (Å²) in [6, 6.07) is 1.69. The number of H-pyrrole nitrogens is 1. The number of nitrogens with two attached hydrogens (primary N) is 1. The average Bonchev–Trinajstić information content (AvgIpc) is 2.65. The maximum atomic E-state index is 11.2. The van der Waals surface area contributed by atoms with Crippen LogP contribution >= 0.6 is 11.6 Å². The third kappa shape index (κ3) is 2.54. The van der Waals surface area contributed by atoms with Crippen LogP contribution in [0.5, 0.6) is 0 Å². The van der Waals surface area contributed by atoms with E-state index in [2.05, 4.69) is 14.9 Å². The Morgan fingerprint density at radius 2 is 2.50 bits per heavy atom. The molecular formula is C10H15ClN4O. The Morgan fingerprint density at radius 1 is 1.69 bits per heavy atom. The molecule has 0 aromatic carbocycles. The lowest BCUT2D eigenvalue weighted by Gasteiger charge is -2.16. The molecule has 2 rings (SSSR count). The van der Waals surface area contributed by atoms with E-state index in [0.29, 0.717) is 23.4 Å². The smallest absolute Gasteiger partial charge is 0.348 e. The fourth-order valence-electron chi connectivity index (χ4n) is 2.09. The maximum Gasteiger partial charge on any atom is 0.348 e. The summed E-state index contributed by atoms with van der Waals surface area (Å²) in [6.45, 7) is 2.53. The number of hydrogen-bond donors (Lipinski definition) is 2. The first-order valence-electron chi connectivity index (χ1n) is 5.41. The third-order valence-electron chi connectivity index (χ3n) is 2.88. The van der Waals surface area contributed by atoms with Gasteiger partial charge in [-0.3, -0.25) is 4.98 Å². The number of nitrogens with zero attached hydrogens (tertiary/aromatic N) is 2. The van der Waals surface area contributed by atoms with Gasteiger partial charge in [0.2, 0.25) is 0 Å². The summed E-state index contributed by atoms with van der Waals surface area (Å²) in [5.74, 6) is 1.26. The quantitative estimate of drug-likeness (QED) is 0.762. The van der Waals surface area contributed by atoms with Crippen molar-refractivity contribution in [3.8, 4) is 0 Å².